The van der Waals surface area contributed by atoms with Crippen LogP contribution >= 0.6 is 11.3 Å². The molecule has 0 amide bonds. The molecule has 0 saturated carbocycles. The average molecular weight is 751 g/mol. The summed E-state index contributed by atoms with van der Waals surface area (Å²) in [6.45, 7) is 0. The molecule has 2 atom stereocenters. The third-order valence-electron chi connectivity index (χ3n) is 11.5. The van der Waals surface area contributed by atoms with Crippen LogP contribution in [0, 0.1) is 0 Å². The van der Waals surface area contributed by atoms with Gasteiger partial charge in [0.25, 0.3) is 0 Å². The van der Waals surface area contributed by atoms with E-state index in [1.807, 2.05) is 23.5 Å². The zero-order valence-corrected chi connectivity index (χ0v) is 31.5. The summed E-state index contributed by atoms with van der Waals surface area (Å²) >= 11 is 1.85. The Morgan fingerprint density at radius 2 is 1.26 bits per heavy atom. The summed E-state index contributed by atoms with van der Waals surface area (Å²) in [6.07, 6.45) is -0.451. The third kappa shape index (κ3) is 5.15. The first kappa shape index (κ1) is 32.3. The van der Waals surface area contributed by atoms with Crippen molar-refractivity contribution in [2.24, 2.45) is 4.99 Å². The van der Waals surface area contributed by atoms with Gasteiger partial charge in [0.1, 0.15) is 29.3 Å². The number of benzene rings is 8. The van der Waals surface area contributed by atoms with E-state index in [4.69, 9.17) is 9.41 Å². The van der Waals surface area contributed by atoms with Gasteiger partial charge in [0.05, 0.1) is 11.0 Å². The van der Waals surface area contributed by atoms with Crippen LogP contribution in [-0.4, -0.2) is 10.4 Å². The molecule has 0 radical (unpaired) electrons. The summed E-state index contributed by atoms with van der Waals surface area (Å²) in [5.41, 5.74) is 11.0. The smallest absolute Gasteiger partial charge is 0.135 e. The molecule has 0 saturated heterocycles. The lowest BCUT2D eigenvalue weighted by Gasteiger charge is -2.32. The molecule has 0 spiro atoms. The lowest BCUT2D eigenvalue weighted by Crippen LogP contribution is -2.45. The molecular formula is C51H34N4OS. The van der Waals surface area contributed by atoms with Crippen molar-refractivity contribution in [2.75, 3.05) is 0 Å². The summed E-state index contributed by atoms with van der Waals surface area (Å²) in [5.74, 6) is 0.856. The number of hydrogen-bond donors (Lipinski definition) is 2. The van der Waals surface area contributed by atoms with Gasteiger partial charge in [0.2, 0.25) is 0 Å². The maximum atomic E-state index is 6.58. The number of thiophene rings is 1. The van der Waals surface area contributed by atoms with Gasteiger partial charge in [-0.1, -0.05) is 127 Å². The number of aliphatic imine (C=N–C) groups is 1. The average Bonchev–Trinajstić information content (AvgIpc) is 3.96. The molecule has 8 aromatic carbocycles. The molecule has 0 bridgehead atoms. The molecule has 1 aliphatic heterocycles. The molecule has 1 aliphatic rings. The van der Waals surface area contributed by atoms with Crippen LogP contribution in [0.15, 0.2) is 191 Å². The first-order valence-electron chi connectivity index (χ1n) is 19.4. The number of hydrogen-bond acceptors (Lipinski definition) is 5. The lowest BCUT2D eigenvalue weighted by atomic mass is 9.96. The Labute approximate surface area is 332 Å². The van der Waals surface area contributed by atoms with Gasteiger partial charge in [-0.15, -0.1) is 11.3 Å². The van der Waals surface area contributed by atoms with Crippen LogP contribution in [0.4, 0.5) is 0 Å². The number of furan rings is 1. The van der Waals surface area contributed by atoms with Crippen LogP contribution in [0.25, 0.3) is 80.7 Å². The fourth-order valence-corrected chi connectivity index (χ4v) is 10.0. The molecule has 2 N–H and O–H groups in total. The van der Waals surface area contributed by atoms with Crippen molar-refractivity contribution in [3.63, 3.8) is 0 Å². The van der Waals surface area contributed by atoms with Gasteiger partial charge in [0.15, 0.2) is 0 Å². The van der Waals surface area contributed by atoms with Crippen LogP contribution in [0.3, 0.4) is 0 Å². The summed E-state index contributed by atoms with van der Waals surface area (Å²) in [6, 6.07) is 64.9. The van der Waals surface area contributed by atoms with E-state index in [1.165, 1.54) is 47.5 Å². The quantitative estimate of drug-likeness (QED) is 0.184. The zero-order valence-electron chi connectivity index (χ0n) is 30.7. The third-order valence-corrected chi connectivity index (χ3v) is 12.6. The van der Waals surface area contributed by atoms with E-state index in [0.717, 1.165) is 55.7 Å². The molecule has 0 fully saturated rings. The van der Waals surface area contributed by atoms with Crippen molar-refractivity contribution >= 4 is 81.1 Å². The number of nitrogens with one attached hydrogen (secondary N) is 2. The SMILES string of the molecule is c1ccc(C2=NC(c3ccccc3)NC(c3cccc4oc5ccc(-c6cccc7sc8ccc(-n9c%10ccccc%10c%10ccccc%109)cc8c67)cc5c34)N2)cc1. The second kappa shape index (κ2) is 12.8. The van der Waals surface area contributed by atoms with E-state index in [0.29, 0.717) is 0 Å². The van der Waals surface area contributed by atoms with Gasteiger partial charge in [0, 0.05) is 58.5 Å². The van der Waals surface area contributed by atoms with E-state index < -0.39 is 0 Å². The van der Waals surface area contributed by atoms with Crippen LogP contribution < -0.4 is 10.6 Å². The van der Waals surface area contributed by atoms with Crippen molar-refractivity contribution in [3.05, 3.63) is 199 Å². The first-order valence-corrected chi connectivity index (χ1v) is 20.2. The minimum atomic E-state index is -0.228. The number of para-hydroxylation sites is 2. The van der Waals surface area contributed by atoms with Gasteiger partial charge >= 0.3 is 0 Å². The minimum absolute atomic E-state index is 0.223. The lowest BCUT2D eigenvalue weighted by molar-refractivity contribution is 0.411. The van der Waals surface area contributed by atoms with Crippen LogP contribution in [0.5, 0.6) is 0 Å². The van der Waals surface area contributed by atoms with Gasteiger partial charge in [-0.2, -0.15) is 0 Å². The highest BCUT2D eigenvalue weighted by molar-refractivity contribution is 7.26. The Hall–Kier alpha value is -6.99. The molecule has 270 valence electrons. The zero-order chi connectivity index (χ0) is 37.5. The molecule has 5 nitrogen and oxygen atoms in total. The van der Waals surface area contributed by atoms with Crippen molar-refractivity contribution < 1.29 is 4.42 Å². The second-order valence-corrected chi connectivity index (χ2v) is 15.8. The Morgan fingerprint density at radius 1 is 0.526 bits per heavy atom. The Bertz CT molecular complexity index is 3320. The summed E-state index contributed by atoms with van der Waals surface area (Å²) < 4.78 is 11.5. The topological polar surface area (TPSA) is 54.5 Å². The monoisotopic (exact) mass is 750 g/mol. The minimum Gasteiger partial charge on any atom is -0.456 e. The maximum Gasteiger partial charge on any atom is 0.135 e. The summed E-state index contributed by atoms with van der Waals surface area (Å²) in [4.78, 5) is 5.15. The van der Waals surface area contributed by atoms with Crippen molar-refractivity contribution in [1.29, 1.82) is 0 Å². The van der Waals surface area contributed by atoms with Crippen molar-refractivity contribution in [3.8, 4) is 16.8 Å². The predicted molar refractivity (Wildman–Crippen MR) is 238 cm³/mol. The Kier molecular flexibility index (Phi) is 7.24. The molecule has 3 aromatic heterocycles. The fraction of sp³-hybridized carbons (Fsp3) is 0.0392. The van der Waals surface area contributed by atoms with Crippen molar-refractivity contribution in [1.82, 2.24) is 15.2 Å². The number of rotatable bonds is 5. The highest BCUT2D eigenvalue weighted by atomic mass is 32.1. The number of aromatic nitrogens is 1. The summed E-state index contributed by atoms with van der Waals surface area (Å²) in [5, 5.41) is 14.8. The fourth-order valence-electron chi connectivity index (χ4n) is 8.92. The largest absolute Gasteiger partial charge is 0.456 e. The van der Waals surface area contributed by atoms with Gasteiger partial charge in [-0.3, -0.25) is 5.32 Å². The molecule has 0 aliphatic carbocycles. The van der Waals surface area contributed by atoms with E-state index in [9.17, 15) is 0 Å². The molecule has 4 heterocycles. The van der Waals surface area contributed by atoms with E-state index in [-0.39, 0.29) is 12.3 Å². The van der Waals surface area contributed by atoms with E-state index in [2.05, 4.69) is 185 Å². The first-order chi connectivity index (χ1) is 28.2. The predicted octanol–water partition coefficient (Wildman–Crippen LogP) is 13.1. The highest BCUT2D eigenvalue weighted by Gasteiger charge is 2.28. The standard InChI is InChI=1S/C51H34N4OS/c1-3-13-31(14-4-1)49-52-50(32-15-5-2-6-16-32)54-51(53-49)38-20-11-23-44-47(38)39-29-33(25-27-43(39)56-44)35-19-12-24-46-48(35)40-30-34(26-28-45(40)57-46)55-41-21-9-7-17-36(41)37-18-8-10-22-42(37)55/h1-30,49,51,53H,(H,52,54). The number of nitrogens with zero attached hydrogens (tertiary/aromatic N) is 2. The van der Waals surface area contributed by atoms with Gasteiger partial charge in [-0.25, -0.2) is 4.99 Å². The molecule has 12 rings (SSSR count). The maximum absolute atomic E-state index is 6.58. The molecule has 57 heavy (non-hydrogen) atoms. The normalized spacial score (nSPS) is 15.9. The van der Waals surface area contributed by atoms with E-state index >= 15 is 0 Å². The van der Waals surface area contributed by atoms with Gasteiger partial charge < -0.3 is 14.3 Å². The van der Waals surface area contributed by atoms with Crippen LogP contribution in [0.1, 0.15) is 29.0 Å². The van der Waals surface area contributed by atoms with Gasteiger partial charge in [-0.05, 0) is 71.3 Å². The number of amidine groups is 1. The Morgan fingerprint density at radius 3 is 2.07 bits per heavy atom. The highest BCUT2D eigenvalue weighted by Crippen LogP contribution is 2.44. The van der Waals surface area contributed by atoms with Crippen LogP contribution in [-0.2, 0) is 0 Å². The molecule has 6 heteroatoms. The molecule has 11 aromatic rings. The molecule has 2 unspecified atom stereocenters. The van der Waals surface area contributed by atoms with E-state index in [1.54, 1.807) is 0 Å². The second-order valence-electron chi connectivity index (χ2n) is 14.8. The van der Waals surface area contributed by atoms with Crippen LogP contribution in [0.2, 0.25) is 0 Å². The van der Waals surface area contributed by atoms with Crippen molar-refractivity contribution in [2.45, 2.75) is 12.3 Å². The number of fused-ring (bicyclic) bond motifs is 9. The Balaban J connectivity index is 1.02. The summed E-state index contributed by atoms with van der Waals surface area (Å²) in [7, 11) is 0. The molecular weight excluding hydrogens is 717 g/mol.